The first-order valence-electron chi connectivity index (χ1n) is 5.69. The Morgan fingerprint density at radius 3 is 2.35 bits per heavy atom. The molecule has 0 atom stereocenters. The summed E-state index contributed by atoms with van der Waals surface area (Å²) in [5.41, 5.74) is 8.32. The monoisotopic (exact) mass is 255 g/mol. The summed E-state index contributed by atoms with van der Waals surface area (Å²) in [5, 5.41) is 0.578. The standard InChI is InChI=1S/C13H18ClNO2/c1-8-9(7-13(15)4-5-13)6-10(14)12(17-3)11(8)16-2/h6H,4-5,7,15H2,1-3H3. The predicted octanol–water partition coefficient (Wildman–Crippen LogP) is 2.70. The highest BCUT2D eigenvalue weighted by molar-refractivity contribution is 6.32. The fraction of sp³-hybridized carbons (Fsp3) is 0.538. The van der Waals surface area contributed by atoms with Crippen LogP contribution in [0.25, 0.3) is 0 Å². The number of ether oxygens (including phenoxy) is 2. The third-order valence-corrected chi connectivity index (χ3v) is 3.67. The summed E-state index contributed by atoms with van der Waals surface area (Å²) in [5.74, 6) is 1.30. The largest absolute Gasteiger partial charge is 0.493 e. The second-order valence-corrected chi connectivity index (χ2v) is 5.16. The van der Waals surface area contributed by atoms with Crippen molar-refractivity contribution in [3.05, 3.63) is 22.2 Å². The molecule has 0 aliphatic heterocycles. The first-order valence-corrected chi connectivity index (χ1v) is 6.07. The molecule has 3 nitrogen and oxygen atoms in total. The van der Waals surface area contributed by atoms with E-state index in [4.69, 9.17) is 26.8 Å². The number of benzene rings is 1. The zero-order valence-corrected chi connectivity index (χ0v) is 11.2. The van der Waals surface area contributed by atoms with Crippen LogP contribution in [0.15, 0.2) is 6.07 Å². The fourth-order valence-corrected chi connectivity index (χ4v) is 2.38. The van der Waals surface area contributed by atoms with Gasteiger partial charge in [0.15, 0.2) is 11.5 Å². The van der Waals surface area contributed by atoms with Gasteiger partial charge < -0.3 is 15.2 Å². The van der Waals surface area contributed by atoms with Gasteiger partial charge in [-0.3, -0.25) is 0 Å². The third-order valence-electron chi connectivity index (χ3n) is 3.39. The second-order valence-electron chi connectivity index (χ2n) is 4.75. The Balaban J connectivity index is 2.43. The van der Waals surface area contributed by atoms with Gasteiger partial charge in [-0.05, 0) is 43.4 Å². The van der Waals surface area contributed by atoms with Crippen LogP contribution in [-0.2, 0) is 6.42 Å². The molecule has 0 saturated heterocycles. The lowest BCUT2D eigenvalue weighted by Crippen LogP contribution is -2.25. The summed E-state index contributed by atoms with van der Waals surface area (Å²) in [6.45, 7) is 2.01. The van der Waals surface area contributed by atoms with Gasteiger partial charge in [0.2, 0.25) is 0 Å². The summed E-state index contributed by atoms with van der Waals surface area (Å²) in [4.78, 5) is 0. The van der Waals surface area contributed by atoms with E-state index >= 15 is 0 Å². The van der Waals surface area contributed by atoms with E-state index in [1.54, 1.807) is 14.2 Å². The van der Waals surface area contributed by atoms with Crippen LogP contribution in [0.5, 0.6) is 11.5 Å². The highest BCUT2D eigenvalue weighted by Gasteiger charge is 2.38. The Labute approximate surface area is 107 Å². The Morgan fingerprint density at radius 1 is 1.29 bits per heavy atom. The minimum absolute atomic E-state index is 0.0340. The van der Waals surface area contributed by atoms with Crippen LogP contribution in [0.4, 0.5) is 0 Å². The van der Waals surface area contributed by atoms with Crippen LogP contribution in [0.3, 0.4) is 0 Å². The summed E-state index contributed by atoms with van der Waals surface area (Å²) >= 11 is 6.19. The minimum Gasteiger partial charge on any atom is -0.493 e. The summed E-state index contributed by atoms with van der Waals surface area (Å²) < 4.78 is 10.6. The van der Waals surface area contributed by atoms with E-state index in [1.807, 2.05) is 13.0 Å². The van der Waals surface area contributed by atoms with Crippen LogP contribution < -0.4 is 15.2 Å². The van der Waals surface area contributed by atoms with Gasteiger partial charge in [-0.2, -0.15) is 0 Å². The van der Waals surface area contributed by atoms with Crippen LogP contribution in [0.2, 0.25) is 5.02 Å². The predicted molar refractivity (Wildman–Crippen MR) is 69.1 cm³/mol. The topological polar surface area (TPSA) is 44.5 Å². The van der Waals surface area contributed by atoms with Gasteiger partial charge in [0.05, 0.1) is 19.2 Å². The molecule has 1 saturated carbocycles. The van der Waals surface area contributed by atoms with Gasteiger partial charge in [-0.15, -0.1) is 0 Å². The summed E-state index contributed by atoms with van der Waals surface area (Å²) in [6.07, 6.45) is 3.01. The van der Waals surface area contributed by atoms with Gasteiger partial charge in [0.25, 0.3) is 0 Å². The maximum absolute atomic E-state index is 6.19. The molecule has 1 aliphatic carbocycles. The van der Waals surface area contributed by atoms with E-state index in [0.29, 0.717) is 16.5 Å². The van der Waals surface area contributed by atoms with Crippen LogP contribution in [-0.4, -0.2) is 19.8 Å². The zero-order chi connectivity index (χ0) is 12.6. The first-order chi connectivity index (χ1) is 8.00. The second kappa shape index (κ2) is 4.39. The first kappa shape index (κ1) is 12.5. The minimum atomic E-state index is -0.0340. The highest BCUT2D eigenvalue weighted by atomic mass is 35.5. The van der Waals surface area contributed by atoms with Crippen LogP contribution in [0.1, 0.15) is 24.0 Å². The molecule has 4 heteroatoms. The maximum atomic E-state index is 6.19. The van der Waals surface area contributed by atoms with Crippen molar-refractivity contribution in [2.75, 3.05) is 14.2 Å². The van der Waals surface area contributed by atoms with E-state index in [9.17, 15) is 0 Å². The average Bonchev–Trinajstić information content (AvgIpc) is 3.00. The van der Waals surface area contributed by atoms with Gasteiger partial charge in [-0.1, -0.05) is 11.6 Å². The normalized spacial score (nSPS) is 16.8. The van der Waals surface area contributed by atoms with Crippen molar-refractivity contribution < 1.29 is 9.47 Å². The number of hydrogen-bond acceptors (Lipinski definition) is 3. The molecule has 0 heterocycles. The molecular formula is C13H18ClNO2. The number of methoxy groups -OCH3 is 2. The third kappa shape index (κ3) is 2.35. The Hall–Kier alpha value is -0.930. The van der Waals surface area contributed by atoms with E-state index in [0.717, 1.165) is 30.4 Å². The molecule has 0 spiro atoms. The van der Waals surface area contributed by atoms with Crippen LogP contribution in [0, 0.1) is 6.92 Å². The van der Waals surface area contributed by atoms with Gasteiger partial charge in [0, 0.05) is 5.54 Å². The molecule has 2 rings (SSSR count). The Morgan fingerprint density at radius 2 is 1.88 bits per heavy atom. The number of halogens is 1. The molecule has 0 amide bonds. The van der Waals surface area contributed by atoms with Crippen molar-refractivity contribution in [1.29, 1.82) is 0 Å². The molecule has 0 aromatic heterocycles. The van der Waals surface area contributed by atoms with Gasteiger partial charge >= 0.3 is 0 Å². The van der Waals surface area contributed by atoms with Crippen molar-refractivity contribution in [1.82, 2.24) is 0 Å². The molecule has 94 valence electrons. The van der Waals surface area contributed by atoms with Gasteiger partial charge in [0.1, 0.15) is 0 Å². The molecule has 1 aromatic carbocycles. The Kier molecular flexibility index (Phi) is 3.23. The SMILES string of the molecule is COc1c(Cl)cc(CC2(N)CC2)c(C)c1OC. The summed E-state index contributed by atoms with van der Waals surface area (Å²) in [7, 11) is 3.22. The maximum Gasteiger partial charge on any atom is 0.179 e. The molecule has 2 N–H and O–H groups in total. The zero-order valence-electron chi connectivity index (χ0n) is 10.5. The van der Waals surface area contributed by atoms with Crippen molar-refractivity contribution in [2.24, 2.45) is 5.73 Å². The molecule has 1 fully saturated rings. The summed E-state index contributed by atoms with van der Waals surface area (Å²) in [6, 6.07) is 1.94. The highest BCUT2D eigenvalue weighted by Crippen LogP contribution is 2.43. The molecule has 0 unspecified atom stereocenters. The molecule has 0 bridgehead atoms. The van der Waals surface area contributed by atoms with E-state index in [-0.39, 0.29) is 5.54 Å². The van der Waals surface area contributed by atoms with Crippen molar-refractivity contribution in [3.8, 4) is 11.5 Å². The fourth-order valence-electron chi connectivity index (χ4n) is 2.09. The molecule has 0 radical (unpaired) electrons. The van der Waals surface area contributed by atoms with E-state index in [1.165, 1.54) is 0 Å². The number of nitrogens with two attached hydrogens (primary N) is 1. The van der Waals surface area contributed by atoms with Crippen molar-refractivity contribution >= 4 is 11.6 Å². The van der Waals surface area contributed by atoms with Crippen molar-refractivity contribution in [2.45, 2.75) is 31.7 Å². The van der Waals surface area contributed by atoms with Crippen LogP contribution >= 0.6 is 11.6 Å². The van der Waals surface area contributed by atoms with E-state index < -0.39 is 0 Å². The number of hydrogen-bond donors (Lipinski definition) is 1. The Bertz CT molecular complexity index is 442. The van der Waals surface area contributed by atoms with E-state index in [2.05, 4.69) is 0 Å². The molecular weight excluding hydrogens is 238 g/mol. The molecule has 17 heavy (non-hydrogen) atoms. The lowest BCUT2D eigenvalue weighted by molar-refractivity contribution is 0.352. The quantitative estimate of drug-likeness (QED) is 0.900. The molecule has 1 aromatic rings. The lowest BCUT2D eigenvalue weighted by Gasteiger charge is -2.17. The molecule has 1 aliphatic rings. The smallest absolute Gasteiger partial charge is 0.179 e. The van der Waals surface area contributed by atoms with Gasteiger partial charge in [-0.25, -0.2) is 0 Å². The van der Waals surface area contributed by atoms with Crippen molar-refractivity contribution in [3.63, 3.8) is 0 Å². The lowest BCUT2D eigenvalue weighted by atomic mass is 9.99. The number of rotatable bonds is 4. The average molecular weight is 256 g/mol.